The Kier molecular flexibility index (Phi) is 7.63. The fourth-order valence-corrected chi connectivity index (χ4v) is 4.31. The van der Waals surface area contributed by atoms with Crippen LogP contribution in [0.3, 0.4) is 0 Å². The quantitative estimate of drug-likeness (QED) is 0.539. The number of ether oxygens (including phenoxy) is 2. The van der Waals surface area contributed by atoms with Gasteiger partial charge in [0.15, 0.2) is 6.61 Å². The predicted octanol–water partition coefficient (Wildman–Crippen LogP) is 4.92. The number of carbonyl (C=O) groups is 1. The van der Waals surface area contributed by atoms with E-state index in [9.17, 15) is 10.1 Å². The second kappa shape index (κ2) is 10.4. The van der Waals surface area contributed by atoms with E-state index in [1.807, 2.05) is 57.0 Å². The summed E-state index contributed by atoms with van der Waals surface area (Å²) in [5.74, 6) is 0.811. The Hall–Kier alpha value is -3.49. The lowest BCUT2D eigenvalue weighted by Crippen LogP contribution is -2.24. The first kappa shape index (κ1) is 24.2. The first-order valence-corrected chi connectivity index (χ1v) is 11.5. The molecule has 170 valence electrons. The summed E-state index contributed by atoms with van der Waals surface area (Å²) < 4.78 is 10.7. The van der Waals surface area contributed by atoms with E-state index >= 15 is 0 Å². The van der Waals surface area contributed by atoms with Gasteiger partial charge >= 0.3 is 5.97 Å². The highest BCUT2D eigenvalue weighted by Crippen LogP contribution is 2.32. The third kappa shape index (κ3) is 6.50. The van der Waals surface area contributed by atoms with Crippen LogP contribution in [0.4, 0.5) is 5.69 Å². The van der Waals surface area contributed by atoms with Crippen molar-refractivity contribution in [3.63, 3.8) is 0 Å². The number of esters is 1. The van der Waals surface area contributed by atoms with Crippen molar-refractivity contribution in [2.45, 2.75) is 46.1 Å². The molecule has 8 heteroatoms. The molecule has 33 heavy (non-hydrogen) atoms. The number of thioether (sulfide) groups is 1. The number of nitrogens with zero attached hydrogens (tertiary/aromatic N) is 4. The Bertz CT molecular complexity index is 1160. The average Bonchev–Trinajstić information content (AvgIpc) is 3.25. The molecule has 1 aliphatic heterocycles. The Balaban J connectivity index is 1.70. The lowest BCUT2D eigenvalue weighted by Gasteiger charge is -2.19. The number of aryl methyl sites for hydroxylation is 2. The number of hydrazone groups is 1. The van der Waals surface area contributed by atoms with Crippen LogP contribution in [-0.4, -0.2) is 29.1 Å². The number of hydrogen-bond donors (Lipinski definition) is 0. The maximum Gasteiger partial charge on any atom is 0.306 e. The van der Waals surface area contributed by atoms with Gasteiger partial charge in [-0.25, -0.2) is 0 Å². The Labute approximate surface area is 198 Å². The Morgan fingerprint density at radius 3 is 2.67 bits per heavy atom. The monoisotopic (exact) mass is 462 g/mol. The van der Waals surface area contributed by atoms with Gasteiger partial charge in [-0.05, 0) is 63.4 Å². The average molecular weight is 463 g/mol. The van der Waals surface area contributed by atoms with Gasteiger partial charge in [-0.3, -0.25) is 9.80 Å². The van der Waals surface area contributed by atoms with Crippen molar-refractivity contribution < 1.29 is 14.3 Å². The summed E-state index contributed by atoms with van der Waals surface area (Å²) in [5.41, 5.74) is 3.88. The van der Waals surface area contributed by atoms with Crippen LogP contribution in [-0.2, 0) is 16.0 Å². The first-order chi connectivity index (χ1) is 15.7. The molecule has 0 radical (unpaired) electrons. The molecule has 0 aromatic heterocycles. The minimum atomic E-state index is -0.474. The molecule has 0 atom stereocenters. The molecule has 0 N–H and O–H groups in total. The van der Waals surface area contributed by atoms with E-state index in [1.165, 1.54) is 0 Å². The second-order valence-electron chi connectivity index (χ2n) is 8.55. The van der Waals surface area contributed by atoms with Gasteiger partial charge in [0, 0.05) is 12.0 Å². The van der Waals surface area contributed by atoms with Gasteiger partial charge in [-0.2, -0.15) is 15.6 Å². The van der Waals surface area contributed by atoms with Crippen LogP contribution < -0.4 is 9.75 Å². The van der Waals surface area contributed by atoms with E-state index < -0.39 is 5.60 Å². The van der Waals surface area contributed by atoms with Crippen molar-refractivity contribution in [2.24, 2.45) is 5.10 Å². The maximum absolute atomic E-state index is 12.0. The molecule has 0 amide bonds. The van der Waals surface area contributed by atoms with Crippen LogP contribution in [0.15, 0.2) is 41.5 Å². The molecule has 0 saturated heterocycles. The van der Waals surface area contributed by atoms with Gasteiger partial charge < -0.3 is 9.47 Å². The molecule has 0 unspecified atom stereocenters. The lowest BCUT2D eigenvalue weighted by atomic mass is 10.0. The van der Waals surface area contributed by atoms with E-state index in [0.29, 0.717) is 30.0 Å². The molecule has 1 heterocycles. The highest BCUT2D eigenvalue weighted by molar-refractivity contribution is 8.14. The molecule has 0 spiro atoms. The number of anilines is 1. The SMILES string of the molecule is Cc1cc(CCC(=O)OC(C)(C)C)ccc1C1=NN(c2ccc(OCC#N)c(C#N)c2)CS1. The standard InChI is InChI=1S/C25H26N4O3S/c1-17-13-18(6-10-23(30)32-25(2,3)4)5-8-21(17)24-28-29(16-33-24)20-7-9-22(31-12-11-26)19(14-20)15-27/h5,7-9,13-14H,6,10,12,16H2,1-4H3. The Morgan fingerprint density at radius 1 is 1.21 bits per heavy atom. The Morgan fingerprint density at radius 2 is 2.00 bits per heavy atom. The normalized spacial score (nSPS) is 13.2. The summed E-state index contributed by atoms with van der Waals surface area (Å²) >= 11 is 1.62. The number of nitriles is 2. The number of hydrogen-bond acceptors (Lipinski definition) is 8. The molecule has 2 aromatic carbocycles. The van der Waals surface area contributed by atoms with E-state index in [4.69, 9.17) is 19.8 Å². The summed E-state index contributed by atoms with van der Waals surface area (Å²) in [6.07, 6.45) is 0.966. The largest absolute Gasteiger partial charge is 0.477 e. The summed E-state index contributed by atoms with van der Waals surface area (Å²) in [6, 6.07) is 15.4. The van der Waals surface area contributed by atoms with Crippen LogP contribution in [0.25, 0.3) is 0 Å². The third-order valence-electron chi connectivity index (χ3n) is 4.77. The molecule has 0 fully saturated rings. The van der Waals surface area contributed by atoms with Crippen molar-refractivity contribution in [3.05, 3.63) is 58.7 Å². The lowest BCUT2D eigenvalue weighted by molar-refractivity contribution is -0.154. The van der Waals surface area contributed by atoms with Crippen molar-refractivity contribution in [3.8, 4) is 17.9 Å². The minimum absolute atomic E-state index is 0.108. The van der Waals surface area contributed by atoms with Gasteiger partial charge in [0.2, 0.25) is 0 Å². The summed E-state index contributed by atoms with van der Waals surface area (Å²) in [5, 5.41) is 25.6. The summed E-state index contributed by atoms with van der Waals surface area (Å²) in [4.78, 5) is 12.0. The van der Waals surface area contributed by atoms with Crippen molar-refractivity contribution in [1.29, 1.82) is 10.5 Å². The van der Waals surface area contributed by atoms with E-state index in [-0.39, 0.29) is 12.6 Å². The molecular formula is C25H26N4O3S. The molecule has 0 aliphatic carbocycles. The van der Waals surface area contributed by atoms with E-state index in [0.717, 1.165) is 27.4 Å². The van der Waals surface area contributed by atoms with Crippen molar-refractivity contribution in [2.75, 3.05) is 17.5 Å². The van der Waals surface area contributed by atoms with Gasteiger partial charge in [0.25, 0.3) is 0 Å². The van der Waals surface area contributed by atoms with Gasteiger partial charge in [0.1, 0.15) is 28.5 Å². The molecular weight excluding hydrogens is 436 g/mol. The first-order valence-electron chi connectivity index (χ1n) is 10.5. The summed E-state index contributed by atoms with van der Waals surface area (Å²) in [6.45, 7) is 7.53. The molecule has 0 bridgehead atoms. The minimum Gasteiger partial charge on any atom is -0.477 e. The van der Waals surface area contributed by atoms with E-state index in [1.54, 1.807) is 23.9 Å². The van der Waals surface area contributed by atoms with Crippen LogP contribution in [0.1, 0.15) is 49.4 Å². The van der Waals surface area contributed by atoms with Crippen molar-refractivity contribution >= 4 is 28.5 Å². The zero-order valence-corrected chi connectivity index (χ0v) is 20.0. The fraction of sp³-hybridized carbons (Fsp3) is 0.360. The number of carbonyl (C=O) groups excluding carboxylic acids is 1. The second-order valence-corrected chi connectivity index (χ2v) is 9.49. The molecule has 2 aromatic rings. The molecule has 0 saturated carbocycles. The predicted molar refractivity (Wildman–Crippen MR) is 129 cm³/mol. The summed E-state index contributed by atoms with van der Waals surface area (Å²) in [7, 11) is 0. The smallest absolute Gasteiger partial charge is 0.306 e. The van der Waals surface area contributed by atoms with Crippen LogP contribution in [0, 0.1) is 29.6 Å². The highest BCUT2D eigenvalue weighted by atomic mass is 32.2. The topological polar surface area (TPSA) is 98.7 Å². The highest BCUT2D eigenvalue weighted by Gasteiger charge is 2.21. The molecule has 1 aliphatic rings. The number of rotatable bonds is 7. The molecule has 3 rings (SSSR count). The molecule has 7 nitrogen and oxygen atoms in total. The van der Waals surface area contributed by atoms with Crippen LogP contribution in [0.5, 0.6) is 5.75 Å². The van der Waals surface area contributed by atoms with Gasteiger partial charge in [-0.15, -0.1) is 0 Å². The van der Waals surface area contributed by atoms with Crippen molar-refractivity contribution in [1.82, 2.24) is 0 Å². The third-order valence-corrected chi connectivity index (χ3v) is 5.72. The zero-order valence-electron chi connectivity index (χ0n) is 19.2. The zero-order chi connectivity index (χ0) is 24.0. The van der Waals surface area contributed by atoms with E-state index in [2.05, 4.69) is 12.1 Å². The number of benzene rings is 2. The maximum atomic E-state index is 12.0. The van der Waals surface area contributed by atoms with Crippen LogP contribution in [0.2, 0.25) is 0 Å². The van der Waals surface area contributed by atoms with Gasteiger partial charge in [0.05, 0.1) is 17.1 Å². The van der Waals surface area contributed by atoms with Crippen LogP contribution >= 0.6 is 11.8 Å². The van der Waals surface area contributed by atoms with Gasteiger partial charge in [-0.1, -0.05) is 30.0 Å². The fourth-order valence-electron chi connectivity index (χ4n) is 3.32.